The molecule has 1 saturated heterocycles. The Morgan fingerprint density at radius 2 is 2.15 bits per heavy atom. The summed E-state index contributed by atoms with van der Waals surface area (Å²) >= 11 is 0. The molecule has 4 rings (SSSR count). The van der Waals surface area contributed by atoms with Crippen molar-refractivity contribution in [2.75, 3.05) is 32.1 Å². The highest BCUT2D eigenvalue weighted by atomic mass is 16.5. The Morgan fingerprint density at radius 1 is 1.22 bits per heavy atom. The Morgan fingerprint density at radius 3 is 2.89 bits per heavy atom. The van der Waals surface area contributed by atoms with Crippen molar-refractivity contribution in [3.8, 4) is 11.4 Å². The molecular formula is C20H24N6O. The van der Waals surface area contributed by atoms with Crippen LogP contribution in [0.3, 0.4) is 0 Å². The molecule has 140 valence electrons. The molecule has 0 N–H and O–H groups in total. The van der Waals surface area contributed by atoms with Gasteiger partial charge in [0.05, 0.1) is 5.92 Å². The molecule has 4 heterocycles. The summed E-state index contributed by atoms with van der Waals surface area (Å²) in [4.78, 5) is 17.7. The Balaban J connectivity index is 1.41. The molecule has 0 radical (unpaired) electrons. The van der Waals surface area contributed by atoms with Gasteiger partial charge < -0.3 is 9.42 Å². The highest BCUT2D eigenvalue weighted by molar-refractivity contribution is 5.51. The second-order valence-electron chi connectivity index (χ2n) is 7.19. The van der Waals surface area contributed by atoms with Crippen LogP contribution in [0.15, 0.2) is 47.4 Å². The van der Waals surface area contributed by atoms with Gasteiger partial charge in [0.25, 0.3) is 0 Å². The summed E-state index contributed by atoms with van der Waals surface area (Å²) in [7, 11) is 4.00. The summed E-state index contributed by atoms with van der Waals surface area (Å²) in [6, 6.07) is 8.04. The van der Waals surface area contributed by atoms with E-state index in [2.05, 4.69) is 37.1 Å². The first-order chi connectivity index (χ1) is 13.2. The lowest BCUT2D eigenvalue weighted by molar-refractivity contribution is 0.180. The maximum absolute atomic E-state index is 5.57. The second kappa shape index (κ2) is 7.84. The molecule has 0 aliphatic carbocycles. The lowest BCUT2D eigenvalue weighted by Gasteiger charge is -2.30. The quantitative estimate of drug-likeness (QED) is 0.689. The van der Waals surface area contributed by atoms with Gasteiger partial charge in [0.2, 0.25) is 11.7 Å². The number of hydrogen-bond donors (Lipinski definition) is 0. The molecular weight excluding hydrogens is 340 g/mol. The minimum absolute atomic E-state index is 0.269. The molecule has 0 saturated carbocycles. The minimum atomic E-state index is 0.269. The molecule has 3 aromatic heterocycles. The van der Waals surface area contributed by atoms with E-state index in [4.69, 9.17) is 4.52 Å². The van der Waals surface area contributed by atoms with Gasteiger partial charge in [0.1, 0.15) is 5.82 Å². The number of likely N-dealkylation sites (tertiary alicyclic amines) is 1. The van der Waals surface area contributed by atoms with Crippen LogP contribution in [0.25, 0.3) is 11.4 Å². The van der Waals surface area contributed by atoms with Gasteiger partial charge >= 0.3 is 0 Å². The zero-order chi connectivity index (χ0) is 18.6. The third-order valence-corrected chi connectivity index (χ3v) is 4.89. The van der Waals surface area contributed by atoms with Crippen molar-refractivity contribution in [1.29, 1.82) is 0 Å². The van der Waals surface area contributed by atoms with E-state index in [0.29, 0.717) is 5.82 Å². The molecule has 7 nitrogen and oxygen atoms in total. The van der Waals surface area contributed by atoms with Gasteiger partial charge in [-0.2, -0.15) is 4.98 Å². The molecule has 1 atom stereocenters. The zero-order valence-corrected chi connectivity index (χ0v) is 15.7. The normalized spacial score (nSPS) is 17.8. The van der Waals surface area contributed by atoms with Gasteiger partial charge in [-0.15, -0.1) is 0 Å². The predicted molar refractivity (Wildman–Crippen MR) is 103 cm³/mol. The molecule has 0 bridgehead atoms. The van der Waals surface area contributed by atoms with Crippen molar-refractivity contribution in [1.82, 2.24) is 25.0 Å². The summed E-state index contributed by atoms with van der Waals surface area (Å²) in [5.41, 5.74) is 2.11. The minimum Gasteiger partial charge on any atom is -0.363 e. The molecule has 1 aliphatic rings. The predicted octanol–water partition coefficient (Wildman–Crippen LogP) is 2.97. The van der Waals surface area contributed by atoms with Crippen LogP contribution in [0.5, 0.6) is 0 Å². The fraction of sp³-hybridized carbons (Fsp3) is 0.400. The fourth-order valence-electron chi connectivity index (χ4n) is 3.45. The number of aromatic nitrogens is 4. The Kier molecular flexibility index (Phi) is 5.11. The average molecular weight is 364 g/mol. The third kappa shape index (κ3) is 4.14. The standard InChI is InChI=1S/C20H24N6O/c1-25(2)18-8-7-15(11-22-18)13-26-10-4-6-17(14-26)20-23-19(24-27-20)16-5-3-9-21-12-16/h3,5,7-9,11-12,17H,4,6,10,13-14H2,1-2H3/t17-/m1/s1. The first-order valence-electron chi connectivity index (χ1n) is 9.27. The van der Waals surface area contributed by atoms with Gasteiger partial charge in [0, 0.05) is 51.3 Å². The molecule has 27 heavy (non-hydrogen) atoms. The molecule has 0 spiro atoms. The number of rotatable bonds is 5. The van der Waals surface area contributed by atoms with Crippen molar-refractivity contribution in [2.45, 2.75) is 25.3 Å². The summed E-state index contributed by atoms with van der Waals surface area (Å²) in [5, 5.41) is 4.14. The lowest BCUT2D eigenvalue weighted by Crippen LogP contribution is -2.34. The van der Waals surface area contributed by atoms with E-state index in [9.17, 15) is 0 Å². The Hall–Kier alpha value is -2.80. The smallest absolute Gasteiger partial charge is 0.231 e. The Labute approximate surface area is 159 Å². The average Bonchev–Trinajstić information content (AvgIpc) is 3.20. The third-order valence-electron chi connectivity index (χ3n) is 4.89. The molecule has 1 aliphatic heterocycles. The van der Waals surface area contributed by atoms with E-state index in [-0.39, 0.29) is 5.92 Å². The summed E-state index contributed by atoms with van der Waals surface area (Å²) in [6.45, 7) is 2.89. The van der Waals surface area contributed by atoms with Gasteiger partial charge in [-0.1, -0.05) is 11.2 Å². The highest BCUT2D eigenvalue weighted by Crippen LogP contribution is 2.28. The zero-order valence-electron chi connectivity index (χ0n) is 15.7. The van der Waals surface area contributed by atoms with Crippen LogP contribution in [0.1, 0.15) is 30.2 Å². The lowest BCUT2D eigenvalue weighted by atomic mass is 9.97. The van der Waals surface area contributed by atoms with Gasteiger partial charge in [-0.05, 0) is 43.1 Å². The van der Waals surface area contributed by atoms with Crippen molar-refractivity contribution >= 4 is 5.82 Å². The number of nitrogens with zero attached hydrogens (tertiary/aromatic N) is 6. The van der Waals surface area contributed by atoms with E-state index >= 15 is 0 Å². The first-order valence-corrected chi connectivity index (χ1v) is 9.27. The SMILES string of the molecule is CN(C)c1ccc(CN2CCC[C@@H](c3nc(-c4cccnc4)no3)C2)cn1. The number of anilines is 1. The van der Waals surface area contributed by atoms with Crippen LogP contribution in [-0.4, -0.2) is 52.2 Å². The molecule has 0 amide bonds. The highest BCUT2D eigenvalue weighted by Gasteiger charge is 2.26. The summed E-state index contributed by atoms with van der Waals surface area (Å²) in [5.74, 6) is 2.58. The molecule has 0 unspecified atom stereocenters. The van der Waals surface area contributed by atoms with Gasteiger partial charge in [-0.25, -0.2) is 4.98 Å². The number of hydrogen-bond acceptors (Lipinski definition) is 7. The molecule has 3 aromatic rings. The summed E-state index contributed by atoms with van der Waals surface area (Å²) < 4.78 is 5.57. The Bertz CT molecular complexity index is 862. The van der Waals surface area contributed by atoms with Gasteiger partial charge in [0.15, 0.2) is 0 Å². The second-order valence-corrected chi connectivity index (χ2v) is 7.19. The maximum atomic E-state index is 5.57. The number of pyridine rings is 2. The molecule has 0 aromatic carbocycles. The van der Waals surface area contributed by atoms with E-state index in [1.54, 1.807) is 12.4 Å². The van der Waals surface area contributed by atoms with E-state index in [1.165, 1.54) is 5.56 Å². The van der Waals surface area contributed by atoms with Crippen LogP contribution >= 0.6 is 0 Å². The van der Waals surface area contributed by atoms with Gasteiger partial charge in [-0.3, -0.25) is 9.88 Å². The monoisotopic (exact) mass is 364 g/mol. The van der Waals surface area contributed by atoms with E-state index < -0.39 is 0 Å². The topological polar surface area (TPSA) is 71.2 Å². The van der Waals surface area contributed by atoms with Crippen molar-refractivity contribution in [2.24, 2.45) is 0 Å². The van der Waals surface area contributed by atoms with Crippen LogP contribution in [0.2, 0.25) is 0 Å². The number of piperidine rings is 1. The first kappa shape index (κ1) is 17.6. The van der Waals surface area contributed by atoms with Crippen LogP contribution < -0.4 is 4.90 Å². The van der Waals surface area contributed by atoms with Crippen molar-refractivity contribution < 1.29 is 4.52 Å². The van der Waals surface area contributed by atoms with Crippen molar-refractivity contribution in [3.63, 3.8) is 0 Å². The van der Waals surface area contributed by atoms with E-state index in [1.807, 2.05) is 37.3 Å². The largest absolute Gasteiger partial charge is 0.363 e. The van der Waals surface area contributed by atoms with Crippen LogP contribution in [0.4, 0.5) is 5.82 Å². The van der Waals surface area contributed by atoms with E-state index in [0.717, 1.165) is 49.7 Å². The van der Waals surface area contributed by atoms with Crippen molar-refractivity contribution in [3.05, 3.63) is 54.3 Å². The van der Waals surface area contributed by atoms with Crippen LogP contribution in [0, 0.1) is 0 Å². The summed E-state index contributed by atoms with van der Waals surface area (Å²) in [6.07, 6.45) is 7.66. The molecule has 7 heteroatoms. The maximum Gasteiger partial charge on any atom is 0.231 e. The molecule has 1 fully saturated rings. The fourth-order valence-corrected chi connectivity index (χ4v) is 3.45. The van der Waals surface area contributed by atoms with Crippen LogP contribution in [-0.2, 0) is 6.54 Å².